The van der Waals surface area contributed by atoms with Crippen molar-refractivity contribution in [2.45, 2.75) is 26.8 Å². The normalized spacial score (nSPS) is 12.5. The molecule has 23 heavy (non-hydrogen) atoms. The van der Waals surface area contributed by atoms with E-state index in [4.69, 9.17) is 15.3 Å². The summed E-state index contributed by atoms with van der Waals surface area (Å²) in [7, 11) is 0. The minimum atomic E-state index is -1.15. The molecule has 0 bridgehead atoms. The van der Waals surface area contributed by atoms with Crippen LogP contribution in [0.5, 0.6) is 0 Å². The minimum Gasteiger partial charge on any atom is -0.465 e. The van der Waals surface area contributed by atoms with Gasteiger partial charge in [0.25, 0.3) is 0 Å². The Hall–Kier alpha value is -2.23. The van der Waals surface area contributed by atoms with Crippen molar-refractivity contribution in [1.82, 2.24) is 20.9 Å². The molecule has 10 heteroatoms. The van der Waals surface area contributed by atoms with E-state index in [1.54, 1.807) is 4.90 Å². The van der Waals surface area contributed by atoms with E-state index in [1.807, 2.05) is 20.8 Å². The van der Waals surface area contributed by atoms with Gasteiger partial charge < -0.3 is 31.3 Å². The molecule has 0 saturated carbocycles. The van der Waals surface area contributed by atoms with E-state index in [-0.39, 0.29) is 18.5 Å². The van der Waals surface area contributed by atoms with Gasteiger partial charge in [-0.2, -0.15) is 0 Å². The largest absolute Gasteiger partial charge is 0.465 e. The quantitative estimate of drug-likeness (QED) is 0.359. The summed E-state index contributed by atoms with van der Waals surface area (Å²) in [5, 5.41) is 33.0. The summed E-state index contributed by atoms with van der Waals surface area (Å²) in [5.74, 6) is 0. The van der Waals surface area contributed by atoms with E-state index in [2.05, 4.69) is 16.0 Å². The Labute approximate surface area is 134 Å². The maximum Gasteiger partial charge on any atom is 0.404 e. The van der Waals surface area contributed by atoms with Crippen LogP contribution < -0.4 is 16.0 Å². The molecular weight excluding hydrogens is 308 g/mol. The molecule has 0 heterocycles. The second-order valence-corrected chi connectivity index (χ2v) is 6.13. The Morgan fingerprint density at radius 3 is 1.65 bits per heavy atom. The summed E-state index contributed by atoms with van der Waals surface area (Å²) in [6.07, 6.45) is -3.44. The van der Waals surface area contributed by atoms with Gasteiger partial charge in [-0.1, -0.05) is 20.8 Å². The van der Waals surface area contributed by atoms with Gasteiger partial charge in [-0.05, 0) is 5.41 Å². The molecule has 0 aliphatic heterocycles. The van der Waals surface area contributed by atoms with Crippen LogP contribution in [-0.2, 0) is 0 Å². The molecule has 1 unspecified atom stereocenters. The summed E-state index contributed by atoms with van der Waals surface area (Å²) in [4.78, 5) is 33.7. The molecule has 0 aliphatic carbocycles. The van der Waals surface area contributed by atoms with Crippen molar-refractivity contribution in [3.63, 3.8) is 0 Å². The Morgan fingerprint density at radius 1 is 0.913 bits per heavy atom. The third-order valence-corrected chi connectivity index (χ3v) is 3.19. The van der Waals surface area contributed by atoms with Crippen molar-refractivity contribution < 1.29 is 29.7 Å². The van der Waals surface area contributed by atoms with Crippen LogP contribution in [0.2, 0.25) is 0 Å². The van der Waals surface area contributed by atoms with Crippen molar-refractivity contribution in [2.75, 3.05) is 32.7 Å². The molecular formula is C13H26N4O6. The van der Waals surface area contributed by atoms with Crippen LogP contribution >= 0.6 is 0 Å². The molecule has 0 fully saturated rings. The monoisotopic (exact) mass is 334 g/mol. The SMILES string of the molecule is CC(C)(C)C(CN(CCNC(=O)O)CCNC(=O)O)NC(=O)O. The third kappa shape index (κ3) is 11.0. The Balaban J connectivity index is 4.73. The van der Waals surface area contributed by atoms with Gasteiger partial charge in [0.15, 0.2) is 0 Å². The van der Waals surface area contributed by atoms with Crippen molar-refractivity contribution >= 4 is 18.3 Å². The summed E-state index contributed by atoms with van der Waals surface area (Å²) in [6.45, 7) is 6.98. The van der Waals surface area contributed by atoms with Crippen molar-refractivity contribution in [1.29, 1.82) is 0 Å². The number of carbonyl (C=O) groups is 3. The van der Waals surface area contributed by atoms with Crippen LogP contribution in [0.4, 0.5) is 14.4 Å². The number of rotatable bonds is 9. The molecule has 0 rings (SSSR count). The van der Waals surface area contributed by atoms with Crippen LogP contribution in [0.15, 0.2) is 0 Å². The zero-order chi connectivity index (χ0) is 18.0. The van der Waals surface area contributed by atoms with Crippen LogP contribution in [0.25, 0.3) is 0 Å². The molecule has 0 aromatic carbocycles. The highest BCUT2D eigenvalue weighted by Gasteiger charge is 2.28. The molecule has 134 valence electrons. The molecule has 0 spiro atoms. The predicted octanol–water partition coefficient (Wildman–Crippen LogP) is 0.506. The maximum absolute atomic E-state index is 10.9. The summed E-state index contributed by atoms with van der Waals surface area (Å²) in [5.41, 5.74) is -0.350. The molecule has 0 saturated heterocycles. The fraction of sp³-hybridized carbons (Fsp3) is 0.769. The van der Waals surface area contributed by atoms with Gasteiger partial charge in [-0.25, -0.2) is 14.4 Å². The number of carboxylic acid groups (broad SMARTS) is 3. The van der Waals surface area contributed by atoms with Gasteiger partial charge in [0, 0.05) is 38.8 Å². The van der Waals surface area contributed by atoms with E-state index in [9.17, 15) is 14.4 Å². The van der Waals surface area contributed by atoms with Gasteiger partial charge in [0.05, 0.1) is 0 Å². The lowest BCUT2D eigenvalue weighted by atomic mass is 9.86. The second-order valence-electron chi connectivity index (χ2n) is 6.13. The minimum absolute atomic E-state index is 0.159. The van der Waals surface area contributed by atoms with Crippen LogP contribution in [-0.4, -0.2) is 77.3 Å². The number of hydrogen-bond acceptors (Lipinski definition) is 4. The Bertz CT molecular complexity index is 390. The van der Waals surface area contributed by atoms with Crippen molar-refractivity contribution in [2.24, 2.45) is 5.41 Å². The number of hydrogen-bond donors (Lipinski definition) is 6. The lowest BCUT2D eigenvalue weighted by Crippen LogP contribution is -2.52. The number of amides is 3. The zero-order valence-corrected chi connectivity index (χ0v) is 13.6. The van der Waals surface area contributed by atoms with E-state index in [0.717, 1.165) is 0 Å². The van der Waals surface area contributed by atoms with Crippen LogP contribution in [0.3, 0.4) is 0 Å². The molecule has 0 aromatic heterocycles. The standard InChI is InChI=1S/C13H26N4O6/c1-13(2,3)9(16-12(22)23)8-17(6-4-14-10(18)19)7-5-15-11(20)21/h9,14-16H,4-8H2,1-3H3,(H,18,19)(H,20,21)(H,22,23). The molecule has 0 aliphatic rings. The smallest absolute Gasteiger partial charge is 0.404 e. The van der Waals surface area contributed by atoms with E-state index < -0.39 is 24.3 Å². The lowest BCUT2D eigenvalue weighted by Gasteiger charge is -2.35. The third-order valence-electron chi connectivity index (χ3n) is 3.19. The van der Waals surface area contributed by atoms with Gasteiger partial charge in [-0.3, -0.25) is 4.90 Å². The van der Waals surface area contributed by atoms with E-state index >= 15 is 0 Å². The predicted molar refractivity (Wildman–Crippen MR) is 82.9 cm³/mol. The molecule has 1 atom stereocenters. The fourth-order valence-corrected chi connectivity index (χ4v) is 1.88. The number of nitrogens with one attached hydrogen (secondary N) is 3. The first kappa shape index (κ1) is 20.8. The van der Waals surface area contributed by atoms with Gasteiger partial charge in [0.2, 0.25) is 0 Å². The topological polar surface area (TPSA) is 151 Å². The van der Waals surface area contributed by atoms with Gasteiger partial charge >= 0.3 is 18.3 Å². The molecule has 6 N–H and O–H groups in total. The van der Waals surface area contributed by atoms with Gasteiger partial charge in [0.1, 0.15) is 0 Å². The number of nitrogens with zero attached hydrogens (tertiary/aromatic N) is 1. The zero-order valence-electron chi connectivity index (χ0n) is 13.6. The first-order chi connectivity index (χ1) is 10.5. The Kier molecular flexibility index (Phi) is 8.78. The Morgan fingerprint density at radius 2 is 1.35 bits per heavy atom. The van der Waals surface area contributed by atoms with Crippen LogP contribution in [0, 0.1) is 5.41 Å². The van der Waals surface area contributed by atoms with E-state index in [1.165, 1.54) is 0 Å². The summed E-state index contributed by atoms with van der Waals surface area (Å²) < 4.78 is 0. The summed E-state index contributed by atoms with van der Waals surface area (Å²) >= 11 is 0. The summed E-state index contributed by atoms with van der Waals surface area (Å²) in [6, 6.07) is -0.394. The molecule has 0 aromatic rings. The lowest BCUT2D eigenvalue weighted by molar-refractivity contribution is 0.147. The average molecular weight is 334 g/mol. The molecule has 0 radical (unpaired) electrons. The van der Waals surface area contributed by atoms with Crippen LogP contribution in [0.1, 0.15) is 20.8 Å². The second kappa shape index (κ2) is 9.72. The first-order valence-electron chi connectivity index (χ1n) is 7.17. The van der Waals surface area contributed by atoms with Gasteiger partial charge in [-0.15, -0.1) is 0 Å². The van der Waals surface area contributed by atoms with Crippen molar-refractivity contribution in [3.05, 3.63) is 0 Å². The highest BCUT2D eigenvalue weighted by atomic mass is 16.4. The van der Waals surface area contributed by atoms with E-state index in [0.29, 0.717) is 19.6 Å². The molecule has 3 amide bonds. The van der Waals surface area contributed by atoms with Crippen molar-refractivity contribution in [3.8, 4) is 0 Å². The first-order valence-corrected chi connectivity index (χ1v) is 7.17. The average Bonchev–Trinajstić information content (AvgIpc) is 2.34. The highest BCUT2D eigenvalue weighted by molar-refractivity contribution is 5.65. The maximum atomic E-state index is 10.9. The highest BCUT2D eigenvalue weighted by Crippen LogP contribution is 2.20. The molecule has 10 nitrogen and oxygen atoms in total. The fourth-order valence-electron chi connectivity index (χ4n) is 1.88.